The second-order valence-corrected chi connectivity index (χ2v) is 4.61. The summed E-state index contributed by atoms with van der Waals surface area (Å²) in [4.78, 5) is 12.9. The molecule has 1 heterocycles. The standard InChI is InChI=1S/C15H19NO3.ClH/c17-15(18)8-7-13-5-1-2-6-14(13)19-12-11-16-9-3-4-10-16;/h1-2,5-8H,3-4,9-12H2,(H,17,18);1H. The first kappa shape index (κ1) is 16.5. The molecule has 1 aromatic carbocycles. The summed E-state index contributed by atoms with van der Waals surface area (Å²) in [6, 6.07) is 7.48. The minimum absolute atomic E-state index is 0. The van der Waals surface area contributed by atoms with Crippen LogP contribution in [0.2, 0.25) is 0 Å². The van der Waals surface area contributed by atoms with Gasteiger partial charge in [-0.1, -0.05) is 18.2 Å². The van der Waals surface area contributed by atoms with Crippen LogP contribution in [0.3, 0.4) is 0 Å². The number of carboxylic acid groups (broad SMARTS) is 1. The van der Waals surface area contributed by atoms with Crippen molar-refractivity contribution in [1.29, 1.82) is 0 Å². The summed E-state index contributed by atoms with van der Waals surface area (Å²) in [5.74, 6) is -0.217. The molecule has 1 saturated heterocycles. The highest BCUT2D eigenvalue weighted by atomic mass is 35.5. The Morgan fingerprint density at radius 3 is 2.70 bits per heavy atom. The highest BCUT2D eigenvalue weighted by molar-refractivity contribution is 5.86. The molecule has 1 fully saturated rings. The Balaban J connectivity index is 0.00000200. The van der Waals surface area contributed by atoms with Crippen molar-refractivity contribution < 1.29 is 14.6 Å². The van der Waals surface area contributed by atoms with Gasteiger partial charge in [-0.2, -0.15) is 0 Å². The zero-order chi connectivity index (χ0) is 13.5. The van der Waals surface area contributed by atoms with Gasteiger partial charge in [0.15, 0.2) is 0 Å². The van der Waals surface area contributed by atoms with Crippen LogP contribution in [-0.4, -0.2) is 42.2 Å². The van der Waals surface area contributed by atoms with Crippen LogP contribution in [-0.2, 0) is 4.79 Å². The van der Waals surface area contributed by atoms with E-state index in [-0.39, 0.29) is 12.4 Å². The van der Waals surface area contributed by atoms with Gasteiger partial charge in [0.2, 0.25) is 0 Å². The van der Waals surface area contributed by atoms with Gasteiger partial charge in [0.25, 0.3) is 0 Å². The smallest absolute Gasteiger partial charge is 0.328 e. The molecule has 1 N–H and O–H groups in total. The van der Waals surface area contributed by atoms with Gasteiger partial charge in [0.1, 0.15) is 12.4 Å². The number of likely N-dealkylation sites (tertiary alicyclic amines) is 1. The SMILES string of the molecule is Cl.O=C(O)C=Cc1ccccc1OCCN1CCCC1. The van der Waals surface area contributed by atoms with Crippen LogP contribution in [0.15, 0.2) is 30.3 Å². The van der Waals surface area contributed by atoms with Crippen LogP contribution in [0, 0.1) is 0 Å². The third-order valence-electron chi connectivity index (χ3n) is 3.19. The fraction of sp³-hybridized carbons (Fsp3) is 0.400. The Morgan fingerprint density at radius 2 is 2.00 bits per heavy atom. The number of hydrogen-bond acceptors (Lipinski definition) is 3. The Morgan fingerprint density at radius 1 is 1.30 bits per heavy atom. The van der Waals surface area contributed by atoms with Crippen LogP contribution in [0.4, 0.5) is 0 Å². The number of nitrogens with zero attached hydrogens (tertiary/aromatic N) is 1. The lowest BCUT2D eigenvalue weighted by Crippen LogP contribution is -2.25. The van der Waals surface area contributed by atoms with Gasteiger partial charge in [0, 0.05) is 18.2 Å². The van der Waals surface area contributed by atoms with Crippen molar-refractivity contribution in [1.82, 2.24) is 4.90 Å². The molecule has 0 saturated carbocycles. The largest absolute Gasteiger partial charge is 0.492 e. The fourth-order valence-electron chi connectivity index (χ4n) is 2.20. The lowest BCUT2D eigenvalue weighted by molar-refractivity contribution is -0.131. The quantitative estimate of drug-likeness (QED) is 0.820. The van der Waals surface area contributed by atoms with E-state index in [0.717, 1.165) is 37.0 Å². The summed E-state index contributed by atoms with van der Waals surface area (Å²) in [6.07, 6.45) is 5.24. The molecule has 0 aliphatic carbocycles. The number of ether oxygens (including phenoxy) is 1. The number of halogens is 1. The van der Waals surface area contributed by atoms with E-state index < -0.39 is 5.97 Å². The summed E-state index contributed by atoms with van der Waals surface area (Å²) in [7, 11) is 0. The summed E-state index contributed by atoms with van der Waals surface area (Å²) in [5, 5.41) is 8.65. The second-order valence-electron chi connectivity index (χ2n) is 4.61. The Kier molecular flexibility index (Phi) is 7.12. The molecule has 2 rings (SSSR count). The summed E-state index contributed by atoms with van der Waals surface area (Å²) in [5.41, 5.74) is 0.798. The van der Waals surface area contributed by atoms with Crippen LogP contribution < -0.4 is 4.74 Å². The summed E-state index contributed by atoms with van der Waals surface area (Å²) < 4.78 is 5.75. The van der Waals surface area contributed by atoms with Gasteiger partial charge >= 0.3 is 5.97 Å². The van der Waals surface area contributed by atoms with Gasteiger partial charge in [-0.3, -0.25) is 4.90 Å². The van der Waals surface area contributed by atoms with Crippen LogP contribution in [0.1, 0.15) is 18.4 Å². The van der Waals surface area contributed by atoms with Gasteiger partial charge in [-0.15, -0.1) is 12.4 Å². The van der Waals surface area contributed by atoms with Crippen molar-refractivity contribution >= 4 is 24.5 Å². The number of hydrogen-bond donors (Lipinski definition) is 1. The number of carboxylic acids is 1. The highest BCUT2D eigenvalue weighted by Crippen LogP contribution is 2.19. The number of carbonyl (C=O) groups is 1. The molecule has 0 aromatic heterocycles. The summed E-state index contributed by atoms with van der Waals surface area (Å²) >= 11 is 0. The van der Waals surface area contributed by atoms with Gasteiger partial charge in [0.05, 0.1) is 0 Å². The van der Waals surface area contributed by atoms with Gasteiger partial charge in [-0.05, 0) is 38.1 Å². The number of aliphatic carboxylic acids is 1. The Hall–Kier alpha value is -1.52. The number of benzene rings is 1. The number of rotatable bonds is 6. The van der Waals surface area contributed by atoms with Crippen molar-refractivity contribution in [3.8, 4) is 5.75 Å². The average Bonchev–Trinajstić information content (AvgIpc) is 2.91. The normalized spacial score (nSPS) is 15.2. The van der Waals surface area contributed by atoms with Crippen LogP contribution >= 0.6 is 12.4 Å². The first-order valence-corrected chi connectivity index (χ1v) is 6.61. The molecule has 0 bridgehead atoms. The minimum atomic E-state index is -0.952. The first-order chi connectivity index (χ1) is 9.25. The van der Waals surface area contributed by atoms with Crippen molar-refractivity contribution in [3.63, 3.8) is 0 Å². The van der Waals surface area contributed by atoms with Gasteiger partial charge in [-0.25, -0.2) is 4.79 Å². The lowest BCUT2D eigenvalue weighted by atomic mass is 10.2. The summed E-state index contributed by atoms with van der Waals surface area (Å²) in [6.45, 7) is 3.88. The minimum Gasteiger partial charge on any atom is -0.492 e. The zero-order valence-electron chi connectivity index (χ0n) is 11.3. The molecule has 0 unspecified atom stereocenters. The first-order valence-electron chi connectivity index (χ1n) is 6.61. The van der Waals surface area contributed by atoms with Crippen molar-refractivity contribution in [3.05, 3.63) is 35.9 Å². The fourth-order valence-corrected chi connectivity index (χ4v) is 2.20. The van der Waals surface area contributed by atoms with Crippen molar-refractivity contribution in [2.45, 2.75) is 12.8 Å². The molecule has 1 aromatic rings. The van der Waals surface area contributed by atoms with Crippen LogP contribution in [0.25, 0.3) is 6.08 Å². The van der Waals surface area contributed by atoms with Gasteiger partial charge < -0.3 is 9.84 Å². The van der Waals surface area contributed by atoms with Crippen molar-refractivity contribution in [2.24, 2.45) is 0 Å². The highest BCUT2D eigenvalue weighted by Gasteiger charge is 2.11. The van der Waals surface area contributed by atoms with E-state index in [1.54, 1.807) is 6.08 Å². The molecule has 0 amide bonds. The molecule has 5 heteroatoms. The molecule has 0 spiro atoms. The maximum Gasteiger partial charge on any atom is 0.328 e. The zero-order valence-corrected chi connectivity index (χ0v) is 12.1. The molecule has 1 aliphatic heterocycles. The predicted molar refractivity (Wildman–Crippen MR) is 81.5 cm³/mol. The van der Waals surface area contributed by atoms with E-state index in [1.165, 1.54) is 12.8 Å². The lowest BCUT2D eigenvalue weighted by Gasteiger charge is -2.15. The molecule has 20 heavy (non-hydrogen) atoms. The van der Waals surface area contributed by atoms with E-state index in [0.29, 0.717) is 6.61 Å². The monoisotopic (exact) mass is 297 g/mol. The topological polar surface area (TPSA) is 49.8 Å². The number of para-hydroxylation sites is 1. The average molecular weight is 298 g/mol. The van der Waals surface area contributed by atoms with Crippen LogP contribution in [0.5, 0.6) is 5.75 Å². The molecule has 4 nitrogen and oxygen atoms in total. The Bertz CT molecular complexity index is 456. The third-order valence-corrected chi connectivity index (χ3v) is 3.19. The molecule has 0 atom stereocenters. The van der Waals surface area contributed by atoms with E-state index in [1.807, 2.05) is 24.3 Å². The van der Waals surface area contributed by atoms with Crippen molar-refractivity contribution in [2.75, 3.05) is 26.2 Å². The van der Waals surface area contributed by atoms with E-state index >= 15 is 0 Å². The molecule has 0 radical (unpaired) electrons. The predicted octanol–water partition coefficient (Wildman–Crippen LogP) is 2.68. The van der Waals surface area contributed by atoms with E-state index in [2.05, 4.69) is 4.90 Å². The maximum atomic E-state index is 10.5. The third kappa shape index (κ3) is 5.23. The Labute approximate surface area is 125 Å². The molecule has 1 aliphatic rings. The van der Waals surface area contributed by atoms with E-state index in [4.69, 9.17) is 9.84 Å². The molecular formula is C15H20ClNO3. The molecule has 110 valence electrons. The van der Waals surface area contributed by atoms with E-state index in [9.17, 15) is 4.79 Å². The second kappa shape index (κ2) is 8.61. The molecular weight excluding hydrogens is 278 g/mol. The maximum absolute atomic E-state index is 10.5.